The smallest absolute Gasteiger partial charge is 0.152 e. The van der Waals surface area contributed by atoms with E-state index in [1.165, 1.54) is 5.56 Å². The lowest BCUT2D eigenvalue weighted by Gasteiger charge is -2.41. The molecule has 1 heterocycles. The summed E-state index contributed by atoms with van der Waals surface area (Å²) in [4.78, 5) is 0. The van der Waals surface area contributed by atoms with Crippen LogP contribution in [-0.2, 0) is 12.8 Å². The molecule has 2 aliphatic carbocycles. The number of aliphatic hydroxyl groups is 1. The summed E-state index contributed by atoms with van der Waals surface area (Å²) in [5, 5.41) is 33.2. The number of phenols is 1. The zero-order valence-corrected chi connectivity index (χ0v) is 16.2. The highest BCUT2D eigenvalue weighted by Crippen LogP contribution is 2.39. The predicted octanol–water partition coefficient (Wildman–Crippen LogP) is 4.26. The first-order chi connectivity index (χ1) is 12.8. The molecule has 2 aromatic rings. The Hall–Kier alpha value is -2.11. The molecular weight excluding hydrogens is 362 g/mol. The van der Waals surface area contributed by atoms with Crippen LogP contribution in [0.25, 0.3) is 16.3 Å². The highest BCUT2D eigenvalue weighted by molar-refractivity contribution is 6.48. The molecule has 6 heteroatoms. The quantitative estimate of drug-likeness (QED) is 0.732. The maximum atomic E-state index is 10.5. The Kier molecular flexibility index (Phi) is 4.60. The lowest BCUT2D eigenvalue weighted by atomic mass is 9.77. The second-order valence-corrected chi connectivity index (χ2v) is 8.40. The summed E-state index contributed by atoms with van der Waals surface area (Å²) in [6.45, 7) is 5.56. The minimum atomic E-state index is -0.578. The van der Waals surface area contributed by atoms with E-state index < -0.39 is 5.60 Å². The summed E-state index contributed by atoms with van der Waals surface area (Å²) in [6, 6.07) is 5.51. The van der Waals surface area contributed by atoms with Crippen molar-refractivity contribution in [2.24, 2.45) is 0 Å². The number of hydrogen-bond donors (Lipinski definition) is 3. The van der Waals surface area contributed by atoms with Crippen molar-refractivity contribution in [3.05, 3.63) is 41.5 Å². The number of nitrogens with zero attached hydrogens (tertiary/aromatic N) is 2. The Morgan fingerprint density at radius 2 is 1.93 bits per heavy atom. The predicted molar refractivity (Wildman–Crippen MR) is 108 cm³/mol. The Bertz CT molecular complexity index is 903. The van der Waals surface area contributed by atoms with Crippen LogP contribution in [0.2, 0.25) is 0 Å². The summed E-state index contributed by atoms with van der Waals surface area (Å²) in [7, 11) is 0. The number of hydrogen-bond acceptors (Lipinski definition) is 5. The molecule has 4 rings (SSSR count). The minimum Gasteiger partial charge on any atom is -0.507 e. The van der Waals surface area contributed by atoms with Gasteiger partial charge in [0.05, 0.1) is 5.60 Å². The molecule has 0 saturated heterocycles. The van der Waals surface area contributed by atoms with Crippen LogP contribution in [0.15, 0.2) is 24.8 Å². The molecule has 1 aromatic heterocycles. The minimum absolute atomic E-state index is 0.132. The van der Waals surface area contributed by atoms with Crippen LogP contribution in [0.3, 0.4) is 0 Å². The van der Waals surface area contributed by atoms with Gasteiger partial charge in [-0.2, -0.15) is 0 Å². The molecule has 3 N–H and O–H groups in total. The van der Waals surface area contributed by atoms with Gasteiger partial charge in [0.25, 0.3) is 0 Å². The van der Waals surface area contributed by atoms with Crippen molar-refractivity contribution < 1.29 is 10.2 Å². The first-order valence-electron chi connectivity index (χ1n) is 9.39. The van der Waals surface area contributed by atoms with E-state index >= 15 is 0 Å². The third kappa shape index (κ3) is 3.54. The van der Waals surface area contributed by atoms with Gasteiger partial charge in [-0.1, -0.05) is 24.2 Å². The number of halogens is 1. The molecule has 0 amide bonds. The molecule has 1 saturated carbocycles. The number of aromatic hydroxyl groups is 1. The van der Waals surface area contributed by atoms with Crippen molar-refractivity contribution in [2.45, 2.75) is 57.1 Å². The van der Waals surface area contributed by atoms with E-state index in [0.717, 1.165) is 55.6 Å². The number of benzene rings is 1. The third-order valence-electron chi connectivity index (χ3n) is 5.57. The Morgan fingerprint density at radius 3 is 2.56 bits per heavy atom. The number of anilines is 1. The van der Waals surface area contributed by atoms with Gasteiger partial charge in [0.2, 0.25) is 0 Å². The van der Waals surface area contributed by atoms with E-state index in [0.29, 0.717) is 16.2 Å². The van der Waals surface area contributed by atoms with Gasteiger partial charge < -0.3 is 15.5 Å². The average Bonchev–Trinajstić information content (AvgIpc) is 2.60. The molecule has 27 heavy (non-hydrogen) atoms. The van der Waals surface area contributed by atoms with E-state index in [2.05, 4.69) is 22.1 Å². The number of rotatable bonds is 4. The van der Waals surface area contributed by atoms with Crippen LogP contribution in [0, 0.1) is 0 Å². The fourth-order valence-corrected chi connectivity index (χ4v) is 4.30. The first kappa shape index (κ1) is 18.3. The van der Waals surface area contributed by atoms with Crippen molar-refractivity contribution in [2.75, 3.05) is 5.32 Å². The van der Waals surface area contributed by atoms with E-state index in [9.17, 15) is 10.2 Å². The number of fused-ring (bicyclic) bond motifs is 1. The van der Waals surface area contributed by atoms with Crippen LogP contribution < -0.4 is 5.32 Å². The number of nitrogens with one attached hydrogen (secondary N) is 1. The van der Waals surface area contributed by atoms with Crippen molar-refractivity contribution >= 4 is 22.5 Å². The topological polar surface area (TPSA) is 78.3 Å². The summed E-state index contributed by atoms with van der Waals surface area (Å²) >= 11 is 5.94. The molecule has 0 atom stereocenters. The number of phenolic OH excluding ortho intramolecular Hbond substituents is 1. The van der Waals surface area contributed by atoms with Crippen LogP contribution in [-0.4, -0.2) is 32.1 Å². The summed E-state index contributed by atoms with van der Waals surface area (Å²) in [5.74, 6) is 0.950. The first-order valence-corrected chi connectivity index (χ1v) is 9.77. The Labute approximate surface area is 164 Å². The molecule has 0 unspecified atom stereocenters. The fraction of sp³-hybridized carbons (Fsp3) is 0.429. The van der Waals surface area contributed by atoms with E-state index in [-0.39, 0.29) is 11.8 Å². The standard InChI is InChI=1S/C21H24ClN3O2/c1-12(22)13-7-8-17(18(26)9-13)19-15-5-3-4-6-16(15)20(25-24-19)23-14-10-21(2,27)11-14/h7-9,14,26-27H,1,3-6,10-11H2,2H3,(H,23,25). The van der Waals surface area contributed by atoms with Crippen molar-refractivity contribution in [3.8, 4) is 17.0 Å². The van der Waals surface area contributed by atoms with Crippen LogP contribution >= 0.6 is 11.6 Å². The van der Waals surface area contributed by atoms with Crippen molar-refractivity contribution in [1.82, 2.24) is 10.2 Å². The van der Waals surface area contributed by atoms with Gasteiger partial charge in [-0.3, -0.25) is 0 Å². The van der Waals surface area contributed by atoms with Gasteiger partial charge in [-0.05, 0) is 68.7 Å². The maximum absolute atomic E-state index is 10.5. The van der Waals surface area contributed by atoms with Crippen molar-refractivity contribution in [3.63, 3.8) is 0 Å². The molecule has 2 aliphatic rings. The lowest BCUT2D eigenvalue weighted by molar-refractivity contribution is -0.0235. The van der Waals surface area contributed by atoms with Gasteiger partial charge in [0, 0.05) is 22.2 Å². The molecule has 0 radical (unpaired) electrons. The fourth-order valence-electron chi connectivity index (χ4n) is 4.18. The third-order valence-corrected chi connectivity index (χ3v) is 5.79. The molecule has 142 valence electrons. The second kappa shape index (κ2) is 6.80. The highest BCUT2D eigenvalue weighted by atomic mass is 35.5. The van der Waals surface area contributed by atoms with Crippen molar-refractivity contribution in [1.29, 1.82) is 0 Å². The van der Waals surface area contributed by atoms with E-state index in [4.69, 9.17) is 11.6 Å². The molecule has 5 nitrogen and oxygen atoms in total. The summed E-state index contributed by atoms with van der Waals surface area (Å²) < 4.78 is 0. The Balaban J connectivity index is 1.70. The van der Waals surface area contributed by atoms with Gasteiger partial charge >= 0.3 is 0 Å². The monoisotopic (exact) mass is 385 g/mol. The van der Waals surface area contributed by atoms with Crippen LogP contribution in [0.4, 0.5) is 5.82 Å². The maximum Gasteiger partial charge on any atom is 0.152 e. The molecule has 0 spiro atoms. The van der Waals surface area contributed by atoms with Gasteiger partial charge in [0.15, 0.2) is 5.82 Å². The Morgan fingerprint density at radius 1 is 1.22 bits per heavy atom. The van der Waals surface area contributed by atoms with Crippen LogP contribution in [0.1, 0.15) is 49.3 Å². The molecule has 1 aromatic carbocycles. The van der Waals surface area contributed by atoms with Gasteiger partial charge in [-0.25, -0.2) is 0 Å². The highest BCUT2D eigenvalue weighted by Gasteiger charge is 2.39. The molecular formula is C21H24ClN3O2. The van der Waals surface area contributed by atoms with Crippen LogP contribution in [0.5, 0.6) is 5.75 Å². The van der Waals surface area contributed by atoms with Gasteiger partial charge in [0.1, 0.15) is 11.4 Å². The largest absolute Gasteiger partial charge is 0.507 e. The average molecular weight is 386 g/mol. The van der Waals surface area contributed by atoms with Gasteiger partial charge in [-0.15, -0.1) is 10.2 Å². The normalized spacial score (nSPS) is 24.0. The summed E-state index contributed by atoms with van der Waals surface area (Å²) in [6.07, 6.45) is 5.51. The summed E-state index contributed by atoms with van der Waals surface area (Å²) in [5.41, 5.74) is 3.85. The zero-order chi connectivity index (χ0) is 19.2. The van der Waals surface area contributed by atoms with E-state index in [1.807, 2.05) is 19.1 Å². The number of aromatic nitrogens is 2. The SMILES string of the molecule is C=C(Cl)c1ccc(-c2nnc(NC3CC(C)(O)C3)c3c2CCCC3)c(O)c1. The van der Waals surface area contributed by atoms with E-state index in [1.54, 1.807) is 6.07 Å². The molecule has 0 aliphatic heterocycles. The lowest BCUT2D eigenvalue weighted by Crippen LogP contribution is -2.48. The second-order valence-electron chi connectivity index (χ2n) is 7.94. The molecule has 0 bridgehead atoms. The molecule has 1 fully saturated rings. The zero-order valence-electron chi connectivity index (χ0n) is 15.4.